The van der Waals surface area contributed by atoms with Crippen LogP contribution in [0.25, 0.3) is 0 Å². The first-order valence-electron chi connectivity index (χ1n) is 7.64. The van der Waals surface area contributed by atoms with Gasteiger partial charge in [0, 0.05) is 5.69 Å². The Labute approximate surface area is 135 Å². The van der Waals surface area contributed by atoms with E-state index in [2.05, 4.69) is 10.3 Å². The van der Waals surface area contributed by atoms with Crippen molar-refractivity contribution in [3.8, 4) is 5.75 Å². The zero-order valence-electron chi connectivity index (χ0n) is 13.0. The van der Waals surface area contributed by atoms with Crippen LogP contribution in [0.3, 0.4) is 0 Å². The molecule has 1 fully saturated rings. The molecule has 3 rings (SSSR count). The first-order valence-corrected chi connectivity index (χ1v) is 7.64. The number of nitrogens with zero attached hydrogens (tertiary/aromatic N) is 1. The second-order valence-electron chi connectivity index (χ2n) is 5.72. The van der Waals surface area contributed by atoms with Gasteiger partial charge in [-0.25, -0.2) is 9.38 Å². The molecule has 23 heavy (non-hydrogen) atoms. The van der Waals surface area contributed by atoms with Crippen LogP contribution in [-0.2, 0) is 0 Å². The molecular formula is C18H20FN3O. The maximum atomic E-state index is 13.7. The molecule has 1 saturated carbocycles. The van der Waals surface area contributed by atoms with Gasteiger partial charge in [0.1, 0.15) is 0 Å². The van der Waals surface area contributed by atoms with E-state index in [4.69, 9.17) is 10.5 Å². The van der Waals surface area contributed by atoms with Crippen molar-refractivity contribution in [3.63, 3.8) is 0 Å². The highest BCUT2D eigenvalue weighted by molar-refractivity contribution is 5.92. The highest BCUT2D eigenvalue weighted by atomic mass is 19.1. The zero-order valence-corrected chi connectivity index (χ0v) is 13.0. The van der Waals surface area contributed by atoms with E-state index in [9.17, 15) is 4.39 Å². The van der Waals surface area contributed by atoms with Crippen LogP contribution in [0.2, 0.25) is 0 Å². The van der Waals surface area contributed by atoms with E-state index in [0.29, 0.717) is 11.9 Å². The fraction of sp³-hybridized carbons (Fsp3) is 0.278. The van der Waals surface area contributed by atoms with Crippen LogP contribution in [0.4, 0.5) is 10.1 Å². The van der Waals surface area contributed by atoms with Crippen LogP contribution >= 0.6 is 0 Å². The molecule has 0 heterocycles. The summed E-state index contributed by atoms with van der Waals surface area (Å²) in [6.07, 6.45) is 1.76. The Kier molecular flexibility index (Phi) is 4.46. The minimum absolute atomic E-state index is 0.182. The fourth-order valence-electron chi connectivity index (χ4n) is 2.80. The predicted molar refractivity (Wildman–Crippen MR) is 90.4 cm³/mol. The van der Waals surface area contributed by atoms with Crippen LogP contribution in [0.5, 0.6) is 5.75 Å². The van der Waals surface area contributed by atoms with Crippen molar-refractivity contribution in [3.05, 3.63) is 59.9 Å². The SMILES string of the molecule is COc1ccc(C2CC(N=C(N)Nc3ccccc3)C2)cc1F. The number of hydrogen-bond donors (Lipinski definition) is 2. The standard InChI is InChI=1S/C18H20FN3O/c1-23-17-8-7-12(11-16(17)19)13-9-15(10-13)22-18(20)21-14-5-3-2-4-6-14/h2-8,11,13,15H,9-10H2,1H3,(H3,20,21,22). The lowest BCUT2D eigenvalue weighted by atomic mass is 9.76. The second-order valence-corrected chi connectivity index (χ2v) is 5.72. The van der Waals surface area contributed by atoms with Crippen molar-refractivity contribution in [1.29, 1.82) is 0 Å². The molecule has 0 radical (unpaired) electrons. The van der Waals surface area contributed by atoms with Gasteiger partial charge in [-0.1, -0.05) is 24.3 Å². The van der Waals surface area contributed by atoms with Gasteiger partial charge >= 0.3 is 0 Å². The molecular weight excluding hydrogens is 293 g/mol. The molecule has 3 N–H and O–H groups in total. The van der Waals surface area contributed by atoms with Crippen LogP contribution in [0.1, 0.15) is 24.3 Å². The Bertz CT molecular complexity index is 697. The molecule has 0 bridgehead atoms. The molecule has 0 atom stereocenters. The molecule has 0 aromatic heterocycles. The molecule has 2 aromatic carbocycles. The third-order valence-electron chi connectivity index (χ3n) is 4.13. The number of para-hydroxylation sites is 1. The first kappa shape index (κ1) is 15.3. The lowest BCUT2D eigenvalue weighted by Gasteiger charge is -2.33. The van der Waals surface area contributed by atoms with Gasteiger partial charge in [-0.15, -0.1) is 0 Å². The van der Waals surface area contributed by atoms with Gasteiger partial charge in [0.15, 0.2) is 17.5 Å². The van der Waals surface area contributed by atoms with E-state index in [1.807, 2.05) is 36.4 Å². The summed E-state index contributed by atoms with van der Waals surface area (Å²) in [4.78, 5) is 4.47. The van der Waals surface area contributed by atoms with Gasteiger partial charge in [-0.05, 0) is 48.6 Å². The van der Waals surface area contributed by atoms with Crippen LogP contribution in [0.15, 0.2) is 53.5 Å². The Balaban J connectivity index is 1.56. The first-order chi connectivity index (χ1) is 11.2. The summed E-state index contributed by atoms with van der Waals surface area (Å²) in [6.45, 7) is 0. The number of anilines is 1. The molecule has 0 aliphatic heterocycles. The zero-order chi connectivity index (χ0) is 16.2. The van der Waals surface area contributed by atoms with Crippen LogP contribution < -0.4 is 15.8 Å². The van der Waals surface area contributed by atoms with Crippen molar-refractivity contribution >= 4 is 11.6 Å². The van der Waals surface area contributed by atoms with Gasteiger partial charge in [0.05, 0.1) is 13.2 Å². The number of nitrogens with one attached hydrogen (secondary N) is 1. The van der Waals surface area contributed by atoms with E-state index in [1.54, 1.807) is 12.1 Å². The molecule has 1 aliphatic rings. The summed E-state index contributed by atoms with van der Waals surface area (Å²) in [5, 5.41) is 3.07. The molecule has 2 aromatic rings. The number of halogens is 1. The second kappa shape index (κ2) is 6.69. The number of ether oxygens (including phenoxy) is 1. The fourth-order valence-corrected chi connectivity index (χ4v) is 2.80. The van der Waals surface area contributed by atoms with E-state index in [-0.39, 0.29) is 17.6 Å². The summed E-state index contributed by atoms with van der Waals surface area (Å²) >= 11 is 0. The molecule has 0 amide bonds. The van der Waals surface area contributed by atoms with E-state index >= 15 is 0 Å². The average molecular weight is 313 g/mol. The number of hydrogen-bond acceptors (Lipinski definition) is 2. The summed E-state index contributed by atoms with van der Waals surface area (Å²) < 4.78 is 18.7. The normalized spacial score (nSPS) is 20.7. The van der Waals surface area contributed by atoms with E-state index < -0.39 is 0 Å². The molecule has 1 aliphatic carbocycles. The predicted octanol–water partition coefficient (Wildman–Crippen LogP) is 3.51. The average Bonchev–Trinajstić information content (AvgIpc) is 2.51. The highest BCUT2D eigenvalue weighted by Crippen LogP contribution is 2.39. The van der Waals surface area contributed by atoms with Crippen molar-refractivity contribution in [2.75, 3.05) is 12.4 Å². The lowest BCUT2D eigenvalue weighted by Crippen LogP contribution is -2.31. The van der Waals surface area contributed by atoms with Crippen LogP contribution in [0, 0.1) is 5.82 Å². The van der Waals surface area contributed by atoms with Crippen LogP contribution in [-0.4, -0.2) is 19.1 Å². The Morgan fingerprint density at radius 3 is 2.61 bits per heavy atom. The molecule has 120 valence electrons. The van der Waals surface area contributed by atoms with E-state index in [0.717, 1.165) is 24.1 Å². The third kappa shape index (κ3) is 3.62. The van der Waals surface area contributed by atoms with Gasteiger partial charge in [-0.2, -0.15) is 0 Å². The maximum absolute atomic E-state index is 13.7. The molecule has 4 nitrogen and oxygen atoms in total. The number of rotatable bonds is 4. The lowest BCUT2D eigenvalue weighted by molar-refractivity contribution is 0.349. The van der Waals surface area contributed by atoms with Crippen molar-refractivity contribution < 1.29 is 9.13 Å². The van der Waals surface area contributed by atoms with Gasteiger partial charge in [0.25, 0.3) is 0 Å². The Morgan fingerprint density at radius 2 is 1.96 bits per heavy atom. The van der Waals surface area contributed by atoms with E-state index in [1.165, 1.54) is 7.11 Å². The molecule has 0 spiro atoms. The number of benzene rings is 2. The topological polar surface area (TPSA) is 59.6 Å². The van der Waals surface area contributed by atoms with Crippen molar-refractivity contribution in [1.82, 2.24) is 0 Å². The largest absolute Gasteiger partial charge is 0.494 e. The Morgan fingerprint density at radius 1 is 1.22 bits per heavy atom. The highest BCUT2D eigenvalue weighted by Gasteiger charge is 2.30. The quantitative estimate of drug-likeness (QED) is 0.671. The monoisotopic (exact) mass is 313 g/mol. The minimum Gasteiger partial charge on any atom is -0.494 e. The molecule has 0 saturated heterocycles. The summed E-state index contributed by atoms with van der Waals surface area (Å²) in [5.41, 5.74) is 7.83. The third-order valence-corrected chi connectivity index (χ3v) is 4.13. The number of aliphatic imine (C=N–C) groups is 1. The summed E-state index contributed by atoms with van der Waals surface area (Å²) in [6, 6.07) is 15.0. The summed E-state index contributed by atoms with van der Waals surface area (Å²) in [5.74, 6) is 0.704. The summed E-state index contributed by atoms with van der Waals surface area (Å²) in [7, 11) is 1.47. The molecule has 5 heteroatoms. The number of methoxy groups -OCH3 is 1. The Hall–Kier alpha value is -2.56. The maximum Gasteiger partial charge on any atom is 0.193 e. The number of nitrogens with two attached hydrogens (primary N) is 1. The number of guanidine groups is 1. The van der Waals surface area contributed by atoms with Gasteiger partial charge < -0.3 is 15.8 Å². The van der Waals surface area contributed by atoms with Gasteiger partial charge in [0.2, 0.25) is 0 Å². The van der Waals surface area contributed by atoms with Crippen molar-refractivity contribution in [2.45, 2.75) is 24.8 Å². The minimum atomic E-state index is -0.317. The van der Waals surface area contributed by atoms with Gasteiger partial charge in [-0.3, -0.25) is 0 Å². The van der Waals surface area contributed by atoms with Crippen molar-refractivity contribution in [2.24, 2.45) is 10.7 Å². The smallest absolute Gasteiger partial charge is 0.193 e. The molecule has 0 unspecified atom stereocenters.